The van der Waals surface area contributed by atoms with Crippen molar-refractivity contribution in [3.05, 3.63) is 64.4 Å². The zero-order valence-corrected chi connectivity index (χ0v) is 11.2. The Morgan fingerprint density at radius 3 is 2.50 bits per heavy atom. The third-order valence-electron chi connectivity index (χ3n) is 2.65. The van der Waals surface area contributed by atoms with Crippen molar-refractivity contribution in [2.45, 2.75) is 5.38 Å². The van der Waals surface area contributed by atoms with Crippen molar-refractivity contribution in [3.63, 3.8) is 0 Å². The van der Waals surface area contributed by atoms with Crippen LogP contribution in [0.3, 0.4) is 0 Å². The van der Waals surface area contributed by atoms with Gasteiger partial charge in [-0.05, 0) is 23.8 Å². The fourth-order valence-corrected chi connectivity index (χ4v) is 2.28. The van der Waals surface area contributed by atoms with Crippen LogP contribution in [0.1, 0.15) is 16.5 Å². The van der Waals surface area contributed by atoms with Crippen LogP contribution in [0.2, 0.25) is 5.02 Å². The van der Waals surface area contributed by atoms with Crippen LogP contribution in [0.25, 0.3) is 0 Å². The number of ether oxygens (including phenoxy) is 1. The molecule has 0 heterocycles. The first-order valence-electron chi connectivity index (χ1n) is 5.35. The van der Waals surface area contributed by atoms with Crippen LogP contribution in [0.15, 0.2) is 42.5 Å². The third-order valence-corrected chi connectivity index (χ3v) is 3.43. The summed E-state index contributed by atoms with van der Waals surface area (Å²) >= 11 is 12.3. The summed E-state index contributed by atoms with van der Waals surface area (Å²) in [4.78, 5) is 0. The van der Waals surface area contributed by atoms with E-state index in [1.807, 2.05) is 0 Å². The number of benzene rings is 2. The first-order valence-corrected chi connectivity index (χ1v) is 6.17. The monoisotopic (exact) mass is 284 g/mol. The number of rotatable bonds is 3. The summed E-state index contributed by atoms with van der Waals surface area (Å²) < 4.78 is 18.7. The van der Waals surface area contributed by atoms with Gasteiger partial charge in [0, 0.05) is 5.56 Å². The molecule has 0 fully saturated rings. The molecule has 4 heteroatoms. The lowest BCUT2D eigenvalue weighted by Crippen LogP contribution is -1.97. The number of alkyl halides is 1. The van der Waals surface area contributed by atoms with E-state index in [1.54, 1.807) is 36.4 Å². The van der Waals surface area contributed by atoms with Crippen LogP contribution < -0.4 is 4.74 Å². The van der Waals surface area contributed by atoms with Crippen LogP contribution in [0.4, 0.5) is 4.39 Å². The van der Waals surface area contributed by atoms with Crippen molar-refractivity contribution >= 4 is 23.2 Å². The Morgan fingerprint density at radius 2 is 1.89 bits per heavy atom. The molecule has 0 bridgehead atoms. The number of hydrogen-bond donors (Lipinski definition) is 0. The van der Waals surface area contributed by atoms with Crippen LogP contribution in [-0.4, -0.2) is 7.11 Å². The second-order valence-electron chi connectivity index (χ2n) is 3.78. The van der Waals surface area contributed by atoms with E-state index in [0.717, 1.165) is 5.56 Å². The largest absolute Gasteiger partial charge is 0.495 e. The number of halogens is 3. The van der Waals surface area contributed by atoms with Crippen molar-refractivity contribution < 1.29 is 9.13 Å². The highest BCUT2D eigenvalue weighted by molar-refractivity contribution is 6.32. The molecule has 0 aliphatic rings. The highest BCUT2D eigenvalue weighted by Gasteiger charge is 2.16. The van der Waals surface area contributed by atoms with Gasteiger partial charge < -0.3 is 4.74 Å². The van der Waals surface area contributed by atoms with Crippen molar-refractivity contribution in [2.75, 3.05) is 7.11 Å². The lowest BCUT2D eigenvalue weighted by molar-refractivity contribution is 0.415. The minimum absolute atomic E-state index is 0.329. The highest BCUT2D eigenvalue weighted by Crippen LogP contribution is 2.34. The Bertz CT molecular complexity index is 557. The summed E-state index contributed by atoms with van der Waals surface area (Å²) in [5, 5.41) is -0.119. The summed E-state index contributed by atoms with van der Waals surface area (Å²) in [5.41, 5.74) is 1.16. The molecule has 2 rings (SSSR count). The lowest BCUT2D eigenvalue weighted by atomic mass is 10.0. The topological polar surface area (TPSA) is 9.23 Å². The Hall–Kier alpha value is -1.25. The molecule has 94 valence electrons. The Labute approximate surface area is 115 Å². The molecular weight excluding hydrogens is 274 g/mol. The van der Waals surface area contributed by atoms with E-state index >= 15 is 0 Å². The molecule has 0 amide bonds. The first kappa shape index (κ1) is 13.2. The van der Waals surface area contributed by atoms with Gasteiger partial charge >= 0.3 is 0 Å². The van der Waals surface area contributed by atoms with E-state index in [0.29, 0.717) is 16.3 Å². The number of methoxy groups -OCH3 is 1. The van der Waals surface area contributed by atoms with Gasteiger partial charge in [-0.2, -0.15) is 0 Å². The van der Waals surface area contributed by atoms with E-state index in [-0.39, 0.29) is 5.82 Å². The van der Waals surface area contributed by atoms with Gasteiger partial charge in [-0.15, -0.1) is 11.6 Å². The molecule has 1 unspecified atom stereocenters. The second kappa shape index (κ2) is 5.59. The molecule has 2 aromatic rings. The molecule has 2 aromatic carbocycles. The predicted octanol–water partition coefficient (Wildman–Crippen LogP) is 4.82. The molecule has 0 spiro atoms. The predicted molar refractivity (Wildman–Crippen MR) is 72.1 cm³/mol. The number of hydrogen-bond acceptors (Lipinski definition) is 1. The second-order valence-corrected chi connectivity index (χ2v) is 4.62. The molecule has 1 nitrogen and oxygen atoms in total. The fourth-order valence-electron chi connectivity index (χ4n) is 1.70. The Kier molecular flexibility index (Phi) is 4.10. The maximum atomic E-state index is 13.6. The molecular formula is C14H11Cl2FO. The molecule has 0 saturated heterocycles. The summed E-state index contributed by atoms with van der Waals surface area (Å²) in [6, 6.07) is 11.6. The summed E-state index contributed by atoms with van der Waals surface area (Å²) in [6.45, 7) is 0. The maximum absolute atomic E-state index is 13.6. The SMILES string of the molecule is COc1ccc(C(Cl)c2ccccc2F)cc1Cl. The van der Waals surface area contributed by atoms with Crippen molar-refractivity contribution in [2.24, 2.45) is 0 Å². The van der Waals surface area contributed by atoms with Gasteiger partial charge in [-0.3, -0.25) is 0 Å². The molecule has 0 aliphatic carbocycles. The standard InChI is InChI=1S/C14H11Cl2FO/c1-18-13-7-6-9(8-11(13)15)14(16)10-4-2-3-5-12(10)17/h2-8,14H,1H3. The van der Waals surface area contributed by atoms with Gasteiger partial charge in [0.25, 0.3) is 0 Å². The molecule has 0 aliphatic heterocycles. The molecule has 0 aromatic heterocycles. The van der Waals surface area contributed by atoms with Gasteiger partial charge in [0.1, 0.15) is 11.6 Å². The van der Waals surface area contributed by atoms with Gasteiger partial charge in [0.15, 0.2) is 0 Å². The third kappa shape index (κ3) is 2.60. The van der Waals surface area contributed by atoms with Gasteiger partial charge in [-0.1, -0.05) is 35.9 Å². The average molecular weight is 285 g/mol. The Morgan fingerprint density at radius 1 is 1.17 bits per heavy atom. The minimum Gasteiger partial charge on any atom is -0.495 e. The molecule has 18 heavy (non-hydrogen) atoms. The molecule has 0 radical (unpaired) electrons. The van der Waals surface area contributed by atoms with Crippen LogP contribution in [0.5, 0.6) is 5.75 Å². The Balaban J connectivity index is 2.37. The maximum Gasteiger partial charge on any atom is 0.137 e. The molecule has 0 saturated carbocycles. The quantitative estimate of drug-likeness (QED) is 0.735. The van der Waals surface area contributed by atoms with E-state index in [2.05, 4.69) is 0 Å². The molecule has 0 N–H and O–H groups in total. The van der Waals surface area contributed by atoms with E-state index in [9.17, 15) is 4.39 Å². The first-order chi connectivity index (χ1) is 8.63. The zero-order valence-electron chi connectivity index (χ0n) is 9.66. The van der Waals surface area contributed by atoms with Crippen LogP contribution in [-0.2, 0) is 0 Å². The highest BCUT2D eigenvalue weighted by atomic mass is 35.5. The smallest absolute Gasteiger partial charge is 0.137 e. The van der Waals surface area contributed by atoms with Gasteiger partial charge in [-0.25, -0.2) is 4.39 Å². The minimum atomic E-state index is -0.574. The van der Waals surface area contributed by atoms with Crippen molar-refractivity contribution in [3.8, 4) is 5.75 Å². The van der Waals surface area contributed by atoms with Gasteiger partial charge in [0.05, 0.1) is 17.5 Å². The average Bonchev–Trinajstić information content (AvgIpc) is 2.38. The van der Waals surface area contributed by atoms with Crippen molar-refractivity contribution in [1.29, 1.82) is 0 Å². The van der Waals surface area contributed by atoms with E-state index < -0.39 is 5.38 Å². The van der Waals surface area contributed by atoms with Gasteiger partial charge in [0.2, 0.25) is 0 Å². The van der Waals surface area contributed by atoms with Crippen LogP contribution in [0, 0.1) is 5.82 Å². The lowest BCUT2D eigenvalue weighted by Gasteiger charge is -2.12. The summed E-state index contributed by atoms with van der Waals surface area (Å²) in [7, 11) is 1.54. The van der Waals surface area contributed by atoms with E-state index in [1.165, 1.54) is 13.2 Å². The molecule has 1 atom stereocenters. The van der Waals surface area contributed by atoms with E-state index in [4.69, 9.17) is 27.9 Å². The van der Waals surface area contributed by atoms with Crippen LogP contribution >= 0.6 is 23.2 Å². The summed E-state index contributed by atoms with van der Waals surface area (Å²) in [6.07, 6.45) is 0. The zero-order chi connectivity index (χ0) is 13.1. The fraction of sp³-hybridized carbons (Fsp3) is 0.143. The van der Waals surface area contributed by atoms with Crippen molar-refractivity contribution in [1.82, 2.24) is 0 Å². The normalized spacial score (nSPS) is 12.2. The summed E-state index contributed by atoms with van der Waals surface area (Å²) in [5.74, 6) is 0.238.